The molecule has 10 heteroatoms. The second kappa shape index (κ2) is 12.2. The molecule has 1 N–H and O–H groups in total. The molecule has 0 atom stereocenters. The highest BCUT2D eigenvalue weighted by atomic mass is 32.2. The highest BCUT2D eigenvalue weighted by molar-refractivity contribution is 7.99. The van der Waals surface area contributed by atoms with Gasteiger partial charge in [0.1, 0.15) is 17.3 Å². The number of pyridine rings is 1. The Balaban J connectivity index is 1.44. The normalized spacial score (nSPS) is 12.3. The fourth-order valence-corrected chi connectivity index (χ4v) is 6.36. The minimum Gasteiger partial charge on any atom is -0.383 e. The van der Waals surface area contributed by atoms with Crippen molar-refractivity contribution in [2.75, 3.05) is 47.6 Å². The number of aromatic nitrogens is 1. The molecule has 206 valence electrons. The quantitative estimate of drug-likeness (QED) is 0.243. The molecule has 2 aromatic heterocycles. The van der Waals surface area contributed by atoms with Crippen LogP contribution in [0.2, 0.25) is 0 Å². The zero-order valence-corrected chi connectivity index (χ0v) is 24.1. The Labute approximate surface area is 241 Å². The van der Waals surface area contributed by atoms with E-state index in [0.717, 1.165) is 21.7 Å². The molecule has 0 aliphatic carbocycles. The summed E-state index contributed by atoms with van der Waals surface area (Å²) in [6, 6.07) is 19.7. The average molecular weight is 577 g/mol. The molecule has 0 fully saturated rings. The van der Waals surface area contributed by atoms with Crippen LogP contribution in [0.25, 0.3) is 10.4 Å². The third-order valence-corrected chi connectivity index (χ3v) is 8.73. The maximum atomic E-state index is 14.3. The van der Waals surface area contributed by atoms with E-state index in [1.807, 2.05) is 53.0 Å². The van der Waals surface area contributed by atoms with Gasteiger partial charge in [-0.1, -0.05) is 48.3 Å². The third kappa shape index (κ3) is 5.60. The Hall–Kier alpha value is -3.73. The SMILES string of the molecule is COCCN(SC)c1cccc(C(=O)N2CCc3cc(C(=O)Nc4c(C)cccc4F)sc3-c3ccccc32)n1. The monoisotopic (exact) mass is 576 g/mol. The number of benzene rings is 2. The Morgan fingerprint density at radius 2 is 1.95 bits per heavy atom. The molecule has 40 heavy (non-hydrogen) atoms. The van der Waals surface area contributed by atoms with Gasteiger partial charge in [0, 0.05) is 30.4 Å². The van der Waals surface area contributed by atoms with E-state index in [9.17, 15) is 14.0 Å². The summed E-state index contributed by atoms with van der Waals surface area (Å²) in [5.74, 6) is -0.323. The van der Waals surface area contributed by atoms with Crippen molar-refractivity contribution in [3.05, 3.63) is 94.2 Å². The molecular formula is C30H29FN4O3S2. The summed E-state index contributed by atoms with van der Waals surface area (Å²) in [6.45, 7) is 3.37. The zero-order chi connectivity index (χ0) is 28.2. The highest BCUT2D eigenvalue weighted by Gasteiger charge is 2.28. The lowest BCUT2D eigenvalue weighted by molar-refractivity contribution is 0.0981. The van der Waals surface area contributed by atoms with E-state index in [0.29, 0.717) is 48.1 Å². The van der Waals surface area contributed by atoms with Gasteiger partial charge in [0.2, 0.25) is 0 Å². The van der Waals surface area contributed by atoms with E-state index in [-0.39, 0.29) is 17.5 Å². The molecule has 5 rings (SSSR count). The second-order valence-electron chi connectivity index (χ2n) is 9.23. The first-order valence-electron chi connectivity index (χ1n) is 12.8. The molecule has 2 amide bonds. The van der Waals surface area contributed by atoms with Crippen LogP contribution < -0.4 is 14.5 Å². The molecule has 0 unspecified atom stereocenters. The van der Waals surface area contributed by atoms with Crippen LogP contribution in [0.4, 0.5) is 21.6 Å². The van der Waals surface area contributed by atoms with Crippen molar-refractivity contribution in [2.45, 2.75) is 13.3 Å². The lowest BCUT2D eigenvalue weighted by atomic mass is 10.1. The largest absolute Gasteiger partial charge is 0.383 e. The summed E-state index contributed by atoms with van der Waals surface area (Å²) in [5.41, 5.74) is 3.80. The van der Waals surface area contributed by atoms with Crippen LogP contribution in [0.3, 0.4) is 0 Å². The Kier molecular flexibility index (Phi) is 8.49. The number of ether oxygens (including phenoxy) is 1. The number of para-hydroxylation sites is 2. The average Bonchev–Trinajstić information content (AvgIpc) is 3.33. The van der Waals surface area contributed by atoms with Crippen LogP contribution in [-0.4, -0.2) is 49.9 Å². The number of carbonyl (C=O) groups excluding carboxylic acids is 2. The van der Waals surface area contributed by atoms with E-state index < -0.39 is 5.82 Å². The van der Waals surface area contributed by atoms with Gasteiger partial charge in [-0.2, -0.15) is 0 Å². The van der Waals surface area contributed by atoms with Crippen molar-refractivity contribution in [3.63, 3.8) is 0 Å². The number of carbonyl (C=O) groups is 2. The second-order valence-corrected chi connectivity index (χ2v) is 11.1. The van der Waals surface area contributed by atoms with Gasteiger partial charge in [-0.05, 0) is 54.8 Å². The molecule has 0 saturated carbocycles. The molecule has 0 spiro atoms. The van der Waals surface area contributed by atoms with Crippen LogP contribution in [-0.2, 0) is 11.2 Å². The summed E-state index contributed by atoms with van der Waals surface area (Å²) in [6.07, 6.45) is 2.52. The topological polar surface area (TPSA) is 74.8 Å². The van der Waals surface area contributed by atoms with Crippen molar-refractivity contribution in [1.82, 2.24) is 4.98 Å². The van der Waals surface area contributed by atoms with Gasteiger partial charge in [-0.25, -0.2) is 9.37 Å². The van der Waals surface area contributed by atoms with Crippen molar-refractivity contribution in [1.29, 1.82) is 0 Å². The highest BCUT2D eigenvalue weighted by Crippen LogP contribution is 2.42. The summed E-state index contributed by atoms with van der Waals surface area (Å²) < 4.78 is 21.5. The van der Waals surface area contributed by atoms with Crippen molar-refractivity contribution >= 4 is 52.3 Å². The standard InChI is InChI=1S/C30H29FN4O3S2/c1-19-8-6-10-22(31)27(19)33-29(36)25-18-20-14-15-34(24-12-5-4-9-21(24)28(20)40-25)30(37)23-11-7-13-26(32-23)35(39-3)16-17-38-2/h4-13,18H,14-17H2,1-3H3,(H,33,36). The first-order valence-corrected chi connectivity index (χ1v) is 14.8. The zero-order valence-electron chi connectivity index (χ0n) is 22.4. The molecule has 3 heterocycles. The summed E-state index contributed by atoms with van der Waals surface area (Å²) in [5, 5.41) is 2.73. The van der Waals surface area contributed by atoms with Crippen molar-refractivity contribution in [2.24, 2.45) is 0 Å². The number of thiophene rings is 1. The lowest BCUT2D eigenvalue weighted by Gasteiger charge is -2.24. The third-order valence-electron chi connectivity index (χ3n) is 6.71. The minimum atomic E-state index is -0.469. The van der Waals surface area contributed by atoms with Gasteiger partial charge < -0.3 is 15.0 Å². The van der Waals surface area contributed by atoms with E-state index in [4.69, 9.17) is 4.74 Å². The molecule has 2 aromatic carbocycles. The fourth-order valence-electron chi connectivity index (χ4n) is 4.68. The summed E-state index contributed by atoms with van der Waals surface area (Å²) >= 11 is 2.87. The number of aryl methyl sites for hydroxylation is 1. The van der Waals surface area contributed by atoms with Crippen LogP contribution in [0.5, 0.6) is 0 Å². The number of nitrogens with zero attached hydrogens (tertiary/aromatic N) is 3. The lowest BCUT2D eigenvalue weighted by Crippen LogP contribution is -2.33. The molecule has 0 bridgehead atoms. The first-order chi connectivity index (χ1) is 19.4. The van der Waals surface area contributed by atoms with Gasteiger partial charge in [-0.3, -0.25) is 13.9 Å². The number of anilines is 3. The molecule has 1 aliphatic heterocycles. The number of nitrogens with one attached hydrogen (secondary N) is 1. The van der Waals surface area contributed by atoms with Gasteiger partial charge in [-0.15, -0.1) is 11.3 Å². The molecular weight excluding hydrogens is 547 g/mol. The molecule has 0 radical (unpaired) electrons. The molecule has 1 aliphatic rings. The van der Waals surface area contributed by atoms with Crippen molar-refractivity contribution in [3.8, 4) is 10.4 Å². The molecule has 4 aromatic rings. The number of methoxy groups -OCH3 is 1. The smallest absolute Gasteiger partial charge is 0.276 e. The first kappa shape index (κ1) is 27.8. The van der Waals surface area contributed by atoms with Crippen LogP contribution >= 0.6 is 23.3 Å². The molecule has 7 nitrogen and oxygen atoms in total. The Morgan fingerprint density at radius 1 is 1.15 bits per heavy atom. The van der Waals surface area contributed by atoms with Gasteiger partial charge in [0.25, 0.3) is 11.8 Å². The maximum absolute atomic E-state index is 14.3. The Morgan fingerprint density at radius 3 is 2.73 bits per heavy atom. The van der Waals surface area contributed by atoms with Gasteiger partial charge in [0.05, 0.1) is 29.4 Å². The summed E-state index contributed by atoms with van der Waals surface area (Å²) in [4.78, 5) is 34.8. The van der Waals surface area contributed by atoms with E-state index in [1.165, 1.54) is 29.4 Å². The van der Waals surface area contributed by atoms with Crippen molar-refractivity contribution < 1.29 is 18.7 Å². The minimum absolute atomic E-state index is 0.185. The van der Waals surface area contributed by atoms with Gasteiger partial charge >= 0.3 is 0 Å². The number of hydrogen-bond donors (Lipinski definition) is 1. The van der Waals surface area contributed by atoms with E-state index in [2.05, 4.69) is 10.3 Å². The number of halogens is 1. The number of hydrogen-bond acceptors (Lipinski definition) is 7. The molecule has 0 saturated heterocycles. The van der Waals surface area contributed by atoms with Crippen LogP contribution in [0.1, 0.15) is 31.3 Å². The maximum Gasteiger partial charge on any atom is 0.276 e. The van der Waals surface area contributed by atoms with Crippen LogP contribution in [0.15, 0.2) is 66.7 Å². The predicted octanol–water partition coefficient (Wildman–Crippen LogP) is 6.44. The fraction of sp³-hybridized carbons (Fsp3) is 0.233. The van der Waals surface area contributed by atoms with Crippen LogP contribution in [0, 0.1) is 12.7 Å². The number of rotatable bonds is 8. The predicted molar refractivity (Wildman–Crippen MR) is 161 cm³/mol. The summed E-state index contributed by atoms with van der Waals surface area (Å²) in [7, 11) is 1.65. The number of amides is 2. The number of fused-ring (bicyclic) bond motifs is 3. The Bertz CT molecular complexity index is 1540. The van der Waals surface area contributed by atoms with E-state index in [1.54, 1.807) is 37.1 Å². The van der Waals surface area contributed by atoms with E-state index >= 15 is 0 Å². The van der Waals surface area contributed by atoms with Gasteiger partial charge in [0.15, 0.2) is 0 Å².